The molecule has 0 atom stereocenters. The second-order valence-corrected chi connectivity index (χ2v) is 4.95. The van der Waals surface area contributed by atoms with Crippen LogP contribution in [0.5, 0.6) is 11.5 Å². The first-order valence-corrected chi connectivity index (χ1v) is 6.78. The molecule has 1 N–H and O–H groups in total. The molecule has 0 radical (unpaired) electrons. The Balaban J connectivity index is 1.87. The predicted octanol–water partition coefficient (Wildman–Crippen LogP) is 2.72. The maximum absolute atomic E-state index is 12.4. The topological polar surface area (TPSA) is 60.5 Å². The quantitative estimate of drug-likeness (QED) is 0.921. The lowest BCUT2D eigenvalue weighted by atomic mass is 10.1. The molecule has 1 aliphatic rings. The van der Waals surface area contributed by atoms with Crippen LogP contribution in [0.4, 0.5) is 5.69 Å². The van der Waals surface area contributed by atoms with E-state index in [4.69, 9.17) is 9.47 Å². The molecule has 0 saturated carbocycles. The van der Waals surface area contributed by atoms with Crippen LogP contribution in [0.3, 0.4) is 0 Å². The van der Waals surface area contributed by atoms with E-state index < -0.39 is 0 Å². The van der Waals surface area contributed by atoms with Gasteiger partial charge in [-0.1, -0.05) is 0 Å². The summed E-state index contributed by atoms with van der Waals surface area (Å²) >= 11 is 0. The van der Waals surface area contributed by atoms with Crippen molar-refractivity contribution in [3.63, 3.8) is 0 Å². The lowest BCUT2D eigenvalue weighted by Crippen LogP contribution is -2.18. The second kappa shape index (κ2) is 5.44. The van der Waals surface area contributed by atoms with Gasteiger partial charge >= 0.3 is 0 Å². The number of nitrogens with one attached hydrogen (secondary N) is 1. The molecular weight excluding hydrogens is 268 g/mol. The van der Waals surface area contributed by atoms with Gasteiger partial charge in [0.05, 0.1) is 0 Å². The van der Waals surface area contributed by atoms with Crippen LogP contribution in [0.15, 0.2) is 30.5 Å². The molecule has 5 nitrogen and oxygen atoms in total. The minimum Gasteiger partial charge on any atom is -0.486 e. The molecule has 5 heteroatoms. The van der Waals surface area contributed by atoms with Crippen LogP contribution >= 0.6 is 0 Å². The molecule has 2 heterocycles. The predicted molar refractivity (Wildman–Crippen MR) is 79.1 cm³/mol. The summed E-state index contributed by atoms with van der Waals surface area (Å²) in [6, 6.07) is 7.15. The van der Waals surface area contributed by atoms with Crippen molar-refractivity contribution in [2.75, 3.05) is 18.5 Å². The van der Waals surface area contributed by atoms with E-state index in [2.05, 4.69) is 10.3 Å². The van der Waals surface area contributed by atoms with Gasteiger partial charge in [-0.2, -0.15) is 0 Å². The van der Waals surface area contributed by atoms with Crippen molar-refractivity contribution in [2.45, 2.75) is 13.8 Å². The molecule has 0 bridgehead atoms. The van der Waals surface area contributed by atoms with Gasteiger partial charge in [-0.3, -0.25) is 9.78 Å². The molecule has 0 fully saturated rings. The number of hydrogen-bond acceptors (Lipinski definition) is 4. The van der Waals surface area contributed by atoms with Crippen LogP contribution in [0, 0.1) is 13.8 Å². The van der Waals surface area contributed by atoms with Crippen LogP contribution in [-0.4, -0.2) is 24.1 Å². The van der Waals surface area contributed by atoms with E-state index in [1.807, 2.05) is 26.0 Å². The lowest BCUT2D eigenvalue weighted by Gasteiger charge is -2.20. The second-order valence-electron chi connectivity index (χ2n) is 4.95. The van der Waals surface area contributed by atoms with Crippen molar-refractivity contribution in [3.8, 4) is 11.5 Å². The Hall–Kier alpha value is -2.56. The van der Waals surface area contributed by atoms with E-state index in [0.29, 0.717) is 30.3 Å². The minimum atomic E-state index is -0.171. The van der Waals surface area contributed by atoms with Crippen molar-refractivity contribution in [2.24, 2.45) is 0 Å². The molecule has 2 aromatic rings. The number of aryl methyl sites for hydroxylation is 2. The normalized spacial score (nSPS) is 12.9. The summed E-state index contributed by atoms with van der Waals surface area (Å²) in [6.07, 6.45) is 1.67. The lowest BCUT2D eigenvalue weighted by molar-refractivity contribution is 0.102. The van der Waals surface area contributed by atoms with E-state index in [1.165, 1.54) is 0 Å². The summed E-state index contributed by atoms with van der Waals surface area (Å²) in [4.78, 5) is 16.5. The molecule has 21 heavy (non-hydrogen) atoms. The molecule has 0 saturated heterocycles. The number of hydrogen-bond donors (Lipinski definition) is 1. The number of ether oxygens (including phenoxy) is 2. The maximum Gasteiger partial charge on any atom is 0.256 e. The Labute approximate surface area is 122 Å². The monoisotopic (exact) mass is 284 g/mol. The standard InChI is InChI=1S/C16H16N2O3/c1-10-7-14-15(21-6-5-20-14)9-13(10)16(19)18-12-3-4-17-11(2)8-12/h3-4,7-9H,5-6H2,1-2H3,(H,17,18,19). The van der Waals surface area contributed by atoms with Crippen LogP contribution in [0.2, 0.25) is 0 Å². The van der Waals surface area contributed by atoms with Gasteiger partial charge in [-0.25, -0.2) is 0 Å². The SMILES string of the molecule is Cc1cc(NC(=O)c2cc3c(cc2C)OCCO3)ccn1. The molecule has 1 aromatic heterocycles. The summed E-state index contributed by atoms with van der Waals surface area (Å²) in [5, 5.41) is 2.87. The van der Waals surface area contributed by atoms with E-state index >= 15 is 0 Å². The first kappa shape index (κ1) is 13.4. The van der Waals surface area contributed by atoms with Gasteiger partial charge < -0.3 is 14.8 Å². The summed E-state index contributed by atoms with van der Waals surface area (Å²) in [5.41, 5.74) is 3.00. The minimum absolute atomic E-state index is 0.171. The smallest absolute Gasteiger partial charge is 0.256 e. The third kappa shape index (κ3) is 2.81. The van der Waals surface area contributed by atoms with E-state index in [9.17, 15) is 4.79 Å². The van der Waals surface area contributed by atoms with Gasteiger partial charge in [0.25, 0.3) is 5.91 Å². The average molecular weight is 284 g/mol. The molecule has 3 rings (SSSR count). The number of amides is 1. The first-order valence-electron chi connectivity index (χ1n) is 6.78. The first-order chi connectivity index (χ1) is 10.1. The van der Waals surface area contributed by atoms with E-state index in [0.717, 1.165) is 16.9 Å². The fourth-order valence-corrected chi connectivity index (χ4v) is 2.26. The number of carbonyl (C=O) groups is 1. The number of rotatable bonds is 2. The molecule has 1 aliphatic heterocycles. The van der Waals surface area contributed by atoms with Crippen molar-refractivity contribution < 1.29 is 14.3 Å². The number of aromatic nitrogens is 1. The van der Waals surface area contributed by atoms with Crippen molar-refractivity contribution in [1.82, 2.24) is 4.98 Å². The number of pyridine rings is 1. The molecular formula is C16H16N2O3. The van der Waals surface area contributed by atoms with Crippen LogP contribution < -0.4 is 14.8 Å². The molecule has 0 unspecified atom stereocenters. The zero-order chi connectivity index (χ0) is 14.8. The highest BCUT2D eigenvalue weighted by Crippen LogP contribution is 2.33. The van der Waals surface area contributed by atoms with Gasteiger partial charge in [0.2, 0.25) is 0 Å². The Bertz CT molecular complexity index is 698. The Morgan fingerprint density at radius 3 is 2.57 bits per heavy atom. The average Bonchev–Trinajstić information content (AvgIpc) is 2.46. The molecule has 108 valence electrons. The molecule has 1 aromatic carbocycles. The van der Waals surface area contributed by atoms with E-state index in [-0.39, 0.29) is 5.91 Å². The summed E-state index contributed by atoms with van der Waals surface area (Å²) < 4.78 is 11.0. The number of fused-ring (bicyclic) bond motifs is 1. The number of benzene rings is 1. The zero-order valence-corrected chi connectivity index (χ0v) is 12.0. The largest absolute Gasteiger partial charge is 0.486 e. The van der Waals surface area contributed by atoms with Gasteiger partial charge in [0.15, 0.2) is 11.5 Å². The van der Waals surface area contributed by atoms with Crippen molar-refractivity contribution in [1.29, 1.82) is 0 Å². The highest BCUT2D eigenvalue weighted by molar-refractivity contribution is 6.05. The molecule has 0 aliphatic carbocycles. The van der Waals surface area contributed by atoms with Crippen molar-refractivity contribution in [3.05, 3.63) is 47.3 Å². The van der Waals surface area contributed by atoms with Gasteiger partial charge in [0, 0.05) is 23.1 Å². The summed E-state index contributed by atoms with van der Waals surface area (Å²) in [6.45, 7) is 4.80. The van der Waals surface area contributed by atoms with Gasteiger partial charge in [-0.05, 0) is 43.7 Å². The fourth-order valence-electron chi connectivity index (χ4n) is 2.26. The van der Waals surface area contributed by atoms with Crippen LogP contribution in [-0.2, 0) is 0 Å². The summed E-state index contributed by atoms with van der Waals surface area (Å²) in [7, 11) is 0. The Morgan fingerprint density at radius 1 is 1.14 bits per heavy atom. The number of nitrogens with zero attached hydrogens (tertiary/aromatic N) is 1. The Kier molecular flexibility index (Phi) is 3.48. The van der Waals surface area contributed by atoms with Crippen molar-refractivity contribution >= 4 is 11.6 Å². The van der Waals surface area contributed by atoms with Crippen LogP contribution in [0.25, 0.3) is 0 Å². The van der Waals surface area contributed by atoms with Gasteiger partial charge in [0.1, 0.15) is 13.2 Å². The number of anilines is 1. The third-order valence-corrected chi connectivity index (χ3v) is 3.29. The van der Waals surface area contributed by atoms with Crippen LogP contribution in [0.1, 0.15) is 21.6 Å². The Morgan fingerprint density at radius 2 is 1.86 bits per heavy atom. The maximum atomic E-state index is 12.4. The number of carbonyl (C=O) groups excluding carboxylic acids is 1. The third-order valence-electron chi connectivity index (χ3n) is 3.29. The highest BCUT2D eigenvalue weighted by atomic mass is 16.6. The molecule has 0 spiro atoms. The molecule has 1 amide bonds. The fraction of sp³-hybridized carbons (Fsp3) is 0.250. The van der Waals surface area contributed by atoms with Gasteiger partial charge in [-0.15, -0.1) is 0 Å². The zero-order valence-electron chi connectivity index (χ0n) is 12.0. The summed E-state index contributed by atoms with van der Waals surface area (Å²) in [5.74, 6) is 1.13. The highest BCUT2D eigenvalue weighted by Gasteiger charge is 2.18. The van der Waals surface area contributed by atoms with E-state index in [1.54, 1.807) is 18.3 Å².